The molecular weight excluding hydrogens is 192 g/mol. The largest absolute Gasteiger partial charge is 0.488 e. The third kappa shape index (κ3) is 4.83. The number of hydrogen-bond acceptors (Lipinski definition) is 3. The molecule has 1 aromatic rings. The lowest BCUT2D eigenvalue weighted by molar-refractivity contribution is 0.0980. The standard InChI is InChI=1S/C11H20N2O2/c1-3-5-6-14-7-8-15-11-9-12-13(4-2)10-11/h9-10H,3-8H2,1-2H3. The average Bonchev–Trinajstić information content (AvgIpc) is 2.71. The van der Waals surface area contributed by atoms with Crippen LogP contribution in [0.3, 0.4) is 0 Å². The lowest BCUT2D eigenvalue weighted by atomic mass is 10.4. The summed E-state index contributed by atoms with van der Waals surface area (Å²) in [5.74, 6) is 0.816. The Morgan fingerprint density at radius 2 is 2.13 bits per heavy atom. The summed E-state index contributed by atoms with van der Waals surface area (Å²) in [5, 5.41) is 4.11. The molecule has 0 unspecified atom stereocenters. The van der Waals surface area contributed by atoms with Gasteiger partial charge in [0.05, 0.1) is 19.0 Å². The molecule has 0 aliphatic rings. The zero-order valence-corrected chi connectivity index (χ0v) is 9.61. The molecule has 1 aromatic heterocycles. The van der Waals surface area contributed by atoms with Gasteiger partial charge in [0.15, 0.2) is 5.75 Å². The first-order valence-electron chi connectivity index (χ1n) is 5.59. The maximum atomic E-state index is 5.46. The first kappa shape index (κ1) is 12.0. The molecule has 0 bridgehead atoms. The summed E-state index contributed by atoms with van der Waals surface area (Å²) in [5.41, 5.74) is 0. The molecule has 15 heavy (non-hydrogen) atoms. The minimum Gasteiger partial charge on any atom is -0.488 e. The molecule has 0 amide bonds. The zero-order chi connectivity index (χ0) is 10.9. The molecule has 0 fully saturated rings. The van der Waals surface area contributed by atoms with Crippen LogP contribution < -0.4 is 4.74 Å². The fourth-order valence-electron chi connectivity index (χ4n) is 1.16. The van der Waals surface area contributed by atoms with Crippen molar-refractivity contribution < 1.29 is 9.47 Å². The highest BCUT2D eigenvalue weighted by Crippen LogP contribution is 2.07. The summed E-state index contributed by atoms with van der Waals surface area (Å²) in [7, 11) is 0. The van der Waals surface area contributed by atoms with Crippen LogP contribution in [-0.4, -0.2) is 29.6 Å². The monoisotopic (exact) mass is 212 g/mol. The van der Waals surface area contributed by atoms with Gasteiger partial charge in [-0.15, -0.1) is 0 Å². The van der Waals surface area contributed by atoms with Crippen LogP contribution in [0.25, 0.3) is 0 Å². The van der Waals surface area contributed by atoms with Crippen molar-refractivity contribution in [1.29, 1.82) is 0 Å². The van der Waals surface area contributed by atoms with Crippen LogP contribution in [0, 0.1) is 0 Å². The van der Waals surface area contributed by atoms with Crippen molar-refractivity contribution >= 4 is 0 Å². The van der Waals surface area contributed by atoms with Crippen molar-refractivity contribution in [3.05, 3.63) is 12.4 Å². The number of unbranched alkanes of at least 4 members (excludes halogenated alkanes) is 1. The van der Waals surface area contributed by atoms with E-state index in [0.29, 0.717) is 13.2 Å². The van der Waals surface area contributed by atoms with E-state index in [9.17, 15) is 0 Å². The van der Waals surface area contributed by atoms with Crippen molar-refractivity contribution in [3.63, 3.8) is 0 Å². The minimum atomic E-state index is 0.596. The fraction of sp³-hybridized carbons (Fsp3) is 0.727. The quantitative estimate of drug-likeness (QED) is 0.619. The second kappa shape index (κ2) is 7.29. The highest BCUT2D eigenvalue weighted by molar-refractivity contribution is 5.11. The molecule has 0 spiro atoms. The molecule has 4 nitrogen and oxygen atoms in total. The number of nitrogens with zero attached hydrogens (tertiary/aromatic N) is 2. The van der Waals surface area contributed by atoms with Gasteiger partial charge in [-0.25, -0.2) is 0 Å². The summed E-state index contributed by atoms with van der Waals surface area (Å²) < 4.78 is 12.7. The minimum absolute atomic E-state index is 0.596. The van der Waals surface area contributed by atoms with Crippen molar-refractivity contribution in [2.75, 3.05) is 19.8 Å². The molecule has 0 atom stereocenters. The maximum Gasteiger partial charge on any atom is 0.157 e. The Balaban J connectivity index is 2.04. The van der Waals surface area contributed by atoms with Crippen molar-refractivity contribution in [1.82, 2.24) is 9.78 Å². The fourth-order valence-corrected chi connectivity index (χ4v) is 1.16. The Hall–Kier alpha value is -1.03. The lowest BCUT2D eigenvalue weighted by Crippen LogP contribution is -2.07. The van der Waals surface area contributed by atoms with Crippen molar-refractivity contribution in [3.8, 4) is 5.75 Å². The molecule has 86 valence electrons. The Morgan fingerprint density at radius 1 is 1.27 bits per heavy atom. The highest BCUT2D eigenvalue weighted by Gasteiger charge is 1.97. The molecule has 0 radical (unpaired) electrons. The molecule has 0 saturated carbocycles. The number of rotatable bonds is 8. The van der Waals surface area contributed by atoms with Crippen LogP contribution >= 0.6 is 0 Å². The number of aryl methyl sites for hydroxylation is 1. The van der Waals surface area contributed by atoms with Crippen molar-refractivity contribution in [2.45, 2.75) is 33.2 Å². The smallest absolute Gasteiger partial charge is 0.157 e. The molecule has 1 heterocycles. The zero-order valence-electron chi connectivity index (χ0n) is 9.61. The van der Waals surface area contributed by atoms with Crippen LogP contribution in [0.4, 0.5) is 0 Å². The Labute approximate surface area is 91.2 Å². The number of aromatic nitrogens is 2. The first-order chi connectivity index (χ1) is 7.36. The van der Waals surface area contributed by atoms with E-state index in [0.717, 1.165) is 25.3 Å². The second-order valence-electron chi connectivity index (χ2n) is 3.35. The van der Waals surface area contributed by atoms with E-state index in [4.69, 9.17) is 9.47 Å². The summed E-state index contributed by atoms with van der Waals surface area (Å²) in [4.78, 5) is 0. The van der Waals surface area contributed by atoms with Gasteiger partial charge >= 0.3 is 0 Å². The normalized spacial score (nSPS) is 10.5. The van der Waals surface area contributed by atoms with E-state index in [1.54, 1.807) is 6.20 Å². The molecule has 0 N–H and O–H groups in total. The van der Waals surface area contributed by atoms with Gasteiger partial charge in [0.1, 0.15) is 6.61 Å². The van der Waals surface area contributed by atoms with E-state index in [-0.39, 0.29) is 0 Å². The van der Waals surface area contributed by atoms with Gasteiger partial charge in [-0.1, -0.05) is 13.3 Å². The molecular formula is C11H20N2O2. The summed E-state index contributed by atoms with van der Waals surface area (Å²) >= 11 is 0. The van der Waals surface area contributed by atoms with E-state index in [1.165, 1.54) is 6.42 Å². The Morgan fingerprint density at radius 3 is 2.80 bits per heavy atom. The van der Waals surface area contributed by atoms with Crippen LogP contribution in [0.2, 0.25) is 0 Å². The van der Waals surface area contributed by atoms with E-state index >= 15 is 0 Å². The van der Waals surface area contributed by atoms with Gasteiger partial charge in [0, 0.05) is 13.2 Å². The summed E-state index contributed by atoms with van der Waals surface area (Å²) in [6.45, 7) is 7.14. The number of ether oxygens (including phenoxy) is 2. The van der Waals surface area contributed by atoms with E-state index in [2.05, 4.69) is 12.0 Å². The lowest BCUT2D eigenvalue weighted by Gasteiger charge is -2.04. The maximum absolute atomic E-state index is 5.46. The summed E-state index contributed by atoms with van der Waals surface area (Å²) in [6.07, 6.45) is 5.92. The van der Waals surface area contributed by atoms with Crippen LogP contribution in [0.15, 0.2) is 12.4 Å². The van der Waals surface area contributed by atoms with Gasteiger partial charge in [-0.3, -0.25) is 4.68 Å². The van der Waals surface area contributed by atoms with Gasteiger partial charge in [-0.2, -0.15) is 5.10 Å². The molecule has 0 aliphatic heterocycles. The highest BCUT2D eigenvalue weighted by atomic mass is 16.5. The van der Waals surface area contributed by atoms with Crippen LogP contribution in [0.5, 0.6) is 5.75 Å². The first-order valence-corrected chi connectivity index (χ1v) is 5.59. The second-order valence-corrected chi connectivity index (χ2v) is 3.35. The van der Waals surface area contributed by atoms with Gasteiger partial charge < -0.3 is 9.47 Å². The van der Waals surface area contributed by atoms with Gasteiger partial charge in [-0.05, 0) is 13.3 Å². The molecule has 4 heteroatoms. The number of hydrogen-bond donors (Lipinski definition) is 0. The van der Waals surface area contributed by atoms with E-state index in [1.807, 2.05) is 17.8 Å². The molecule has 0 saturated heterocycles. The Kier molecular flexibility index (Phi) is 5.85. The van der Waals surface area contributed by atoms with Crippen LogP contribution in [0.1, 0.15) is 26.7 Å². The summed E-state index contributed by atoms with van der Waals surface area (Å²) in [6, 6.07) is 0. The molecule has 0 aromatic carbocycles. The predicted octanol–water partition coefficient (Wildman–Crippen LogP) is 2.10. The van der Waals surface area contributed by atoms with Crippen molar-refractivity contribution in [2.24, 2.45) is 0 Å². The topological polar surface area (TPSA) is 36.3 Å². The third-order valence-electron chi connectivity index (χ3n) is 2.07. The van der Waals surface area contributed by atoms with Gasteiger partial charge in [0.2, 0.25) is 0 Å². The third-order valence-corrected chi connectivity index (χ3v) is 2.07. The molecule has 1 rings (SSSR count). The average molecular weight is 212 g/mol. The Bertz CT molecular complexity index is 261. The van der Waals surface area contributed by atoms with Gasteiger partial charge in [0.25, 0.3) is 0 Å². The molecule has 0 aliphatic carbocycles. The SMILES string of the molecule is CCCCOCCOc1cnn(CC)c1. The predicted molar refractivity (Wildman–Crippen MR) is 59.1 cm³/mol. The van der Waals surface area contributed by atoms with Crippen LogP contribution in [-0.2, 0) is 11.3 Å². The van der Waals surface area contributed by atoms with E-state index < -0.39 is 0 Å².